The van der Waals surface area contributed by atoms with Crippen LogP contribution in [0.3, 0.4) is 0 Å². The first-order chi connectivity index (χ1) is 10.6. The minimum absolute atomic E-state index is 0.108. The number of piperidine rings is 1. The second-order valence-electron chi connectivity index (χ2n) is 6.15. The first kappa shape index (κ1) is 15.4. The molecule has 0 spiro atoms. The summed E-state index contributed by atoms with van der Waals surface area (Å²) in [5.74, 6) is 0.0764. The first-order valence-electron chi connectivity index (χ1n) is 7.95. The summed E-state index contributed by atoms with van der Waals surface area (Å²) in [5, 5.41) is 0. The number of thioether (sulfide) groups is 1. The Morgan fingerprint density at radius 2 is 2.05 bits per heavy atom. The molecule has 1 fully saturated rings. The van der Waals surface area contributed by atoms with Gasteiger partial charge in [0.1, 0.15) is 0 Å². The smallest absolute Gasteiger partial charge is 0.232 e. The van der Waals surface area contributed by atoms with Gasteiger partial charge in [-0.3, -0.25) is 9.59 Å². The number of benzene rings is 1. The lowest BCUT2D eigenvalue weighted by Crippen LogP contribution is -2.44. The molecule has 4 nitrogen and oxygen atoms in total. The molecule has 1 heterocycles. The predicted molar refractivity (Wildman–Crippen MR) is 87.7 cm³/mol. The molecule has 1 aliphatic carbocycles. The number of nitrogens with two attached hydrogens (primary N) is 1. The number of fused-ring (bicyclic) bond motifs is 1. The largest absolute Gasteiger partial charge is 0.369 e. The van der Waals surface area contributed by atoms with Crippen molar-refractivity contribution in [2.45, 2.75) is 37.0 Å². The van der Waals surface area contributed by atoms with Crippen molar-refractivity contribution in [3.63, 3.8) is 0 Å². The van der Waals surface area contributed by atoms with Gasteiger partial charge in [-0.05, 0) is 55.4 Å². The van der Waals surface area contributed by atoms with Crippen molar-refractivity contribution in [3.8, 4) is 0 Å². The highest BCUT2D eigenvalue weighted by molar-refractivity contribution is 8.00. The van der Waals surface area contributed by atoms with E-state index in [1.165, 1.54) is 24.0 Å². The summed E-state index contributed by atoms with van der Waals surface area (Å²) in [6.07, 6.45) is 5.25. The van der Waals surface area contributed by atoms with Crippen LogP contribution in [-0.2, 0) is 22.4 Å². The molecule has 2 N–H and O–H groups in total. The molecule has 1 atom stereocenters. The van der Waals surface area contributed by atoms with E-state index >= 15 is 0 Å². The summed E-state index contributed by atoms with van der Waals surface area (Å²) in [6.45, 7) is 1.23. The van der Waals surface area contributed by atoms with Gasteiger partial charge >= 0.3 is 0 Å². The zero-order valence-corrected chi connectivity index (χ0v) is 13.5. The van der Waals surface area contributed by atoms with Gasteiger partial charge in [-0.15, -0.1) is 11.8 Å². The van der Waals surface area contributed by atoms with Crippen molar-refractivity contribution in [2.75, 3.05) is 18.8 Å². The lowest BCUT2D eigenvalue weighted by Gasteiger charge is -2.31. The van der Waals surface area contributed by atoms with Crippen LogP contribution in [0.4, 0.5) is 0 Å². The third-order valence-corrected chi connectivity index (χ3v) is 5.59. The Labute approximate surface area is 135 Å². The predicted octanol–water partition coefficient (Wildman–Crippen LogP) is 1.99. The second-order valence-corrected chi connectivity index (χ2v) is 7.20. The van der Waals surface area contributed by atoms with Gasteiger partial charge in [0.2, 0.25) is 11.8 Å². The molecule has 22 heavy (non-hydrogen) atoms. The van der Waals surface area contributed by atoms with E-state index in [2.05, 4.69) is 18.2 Å². The van der Waals surface area contributed by atoms with Gasteiger partial charge in [-0.2, -0.15) is 0 Å². The SMILES string of the molecule is NC(=O)C1CCCN(C(=O)CSc2ccc3c(c2)CCC3)C1. The molecule has 0 saturated carbocycles. The summed E-state index contributed by atoms with van der Waals surface area (Å²) in [6, 6.07) is 6.53. The topological polar surface area (TPSA) is 63.4 Å². The van der Waals surface area contributed by atoms with Crippen LogP contribution in [0.1, 0.15) is 30.4 Å². The van der Waals surface area contributed by atoms with Gasteiger partial charge in [0, 0.05) is 18.0 Å². The number of carbonyl (C=O) groups is 2. The van der Waals surface area contributed by atoms with E-state index in [1.54, 1.807) is 16.7 Å². The van der Waals surface area contributed by atoms with E-state index in [0.717, 1.165) is 30.7 Å². The maximum Gasteiger partial charge on any atom is 0.232 e. The minimum Gasteiger partial charge on any atom is -0.369 e. The minimum atomic E-state index is -0.288. The van der Waals surface area contributed by atoms with Crippen molar-refractivity contribution in [1.82, 2.24) is 4.90 Å². The standard InChI is InChI=1S/C17H22N2O2S/c18-17(21)14-5-2-8-19(10-14)16(20)11-22-15-7-6-12-3-1-4-13(12)9-15/h6-7,9,14H,1-5,8,10-11H2,(H2,18,21). The molecule has 5 heteroatoms. The first-order valence-corrected chi connectivity index (χ1v) is 8.94. The van der Waals surface area contributed by atoms with Crippen LogP contribution in [0.5, 0.6) is 0 Å². The number of rotatable bonds is 4. The highest BCUT2D eigenvalue weighted by Crippen LogP contribution is 2.28. The number of amides is 2. The molecule has 1 aromatic rings. The number of nitrogens with zero attached hydrogens (tertiary/aromatic N) is 1. The van der Waals surface area contributed by atoms with Crippen LogP contribution in [0.2, 0.25) is 0 Å². The third kappa shape index (κ3) is 3.46. The van der Waals surface area contributed by atoms with Crippen LogP contribution >= 0.6 is 11.8 Å². The molecule has 1 aromatic carbocycles. The number of carbonyl (C=O) groups excluding carboxylic acids is 2. The number of hydrogen-bond acceptors (Lipinski definition) is 3. The quantitative estimate of drug-likeness (QED) is 0.864. The van der Waals surface area contributed by atoms with Crippen molar-refractivity contribution >= 4 is 23.6 Å². The fourth-order valence-electron chi connectivity index (χ4n) is 3.31. The molecule has 0 aromatic heterocycles. The van der Waals surface area contributed by atoms with E-state index in [-0.39, 0.29) is 17.7 Å². The molecule has 2 aliphatic rings. The molecule has 2 amide bonds. The maximum atomic E-state index is 12.3. The second kappa shape index (κ2) is 6.73. The summed E-state index contributed by atoms with van der Waals surface area (Å²) >= 11 is 1.59. The molecule has 1 aliphatic heterocycles. The van der Waals surface area contributed by atoms with Gasteiger partial charge in [0.15, 0.2) is 0 Å². The van der Waals surface area contributed by atoms with Crippen molar-refractivity contribution in [1.29, 1.82) is 0 Å². The molecular formula is C17H22N2O2S. The average Bonchev–Trinajstić information content (AvgIpc) is 3.00. The molecule has 3 rings (SSSR count). The fourth-order valence-corrected chi connectivity index (χ4v) is 4.17. The molecule has 0 radical (unpaired) electrons. The molecule has 1 saturated heterocycles. The van der Waals surface area contributed by atoms with Gasteiger partial charge < -0.3 is 10.6 Å². The van der Waals surface area contributed by atoms with Gasteiger partial charge in [-0.1, -0.05) is 6.07 Å². The van der Waals surface area contributed by atoms with Crippen LogP contribution in [-0.4, -0.2) is 35.6 Å². The Hall–Kier alpha value is -1.49. The molecule has 118 valence electrons. The average molecular weight is 318 g/mol. The van der Waals surface area contributed by atoms with Crippen LogP contribution < -0.4 is 5.73 Å². The Kier molecular flexibility index (Phi) is 4.71. The lowest BCUT2D eigenvalue weighted by molar-refractivity contribution is -0.132. The number of likely N-dealkylation sites (tertiary alicyclic amines) is 1. The Morgan fingerprint density at radius 3 is 2.86 bits per heavy atom. The molecule has 1 unspecified atom stereocenters. The van der Waals surface area contributed by atoms with Gasteiger partial charge in [0.05, 0.1) is 11.7 Å². The summed E-state index contributed by atoms with van der Waals surface area (Å²) < 4.78 is 0. The van der Waals surface area contributed by atoms with E-state index in [9.17, 15) is 9.59 Å². The van der Waals surface area contributed by atoms with Crippen molar-refractivity contribution < 1.29 is 9.59 Å². The zero-order chi connectivity index (χ0) is 15.5. The lowest BCUT2D eigenvalue weighted by atomic mass is 9.97. The van der Waals surface area contributed by atoms with E-state index in [1.807, 2.05) is 0 Å². The highest BCUT2D eigenvalue weighted by Gasteiger charge is 2.26. The van der Waals surface area contributed by atoms with E-state index in [4.69, 9.17) is 5.73 Å². The van der Waals surface area contributed by atoms with E-state index < -0.39 is 0 Å². The highest BCUT2D eigenvalue weighted by atomic mass is 32.2. The monoisotopic (exact) mass is 318 g/mol. The molecule has 0 bridgehead atoms. The molecular weight excluding hydrogens is 296 g/mol. The van der Waals surface area contributed by atoms with Crippen LogP contribution in [0, 0.1) is 5.92 Å². The number of primary amides is 1. The zero-order valence-electron chi connectivity index (χ0n) is 12.7. The fraction of sp³-hybridized carbons (Fsp3) is 0.529. The van der Waals surface area contributed by atoms with Crippen LogP contribution in [0.25, 0.3) is 0 Å². The normalized spacial score (nSPS) is 20.7. The van der Waals surface area contributed by atoms with Gasteiger partial charge in [-0.25, -0.2) is 0 Å². The third-order valence-electron chi connectivity index (χ3n) is 4.61. The van der Waals surface area contributed by atoms with Crippen LogP contribution in [0.15, 0.2) is 23.1 Å². The van der Waals surface area contributed by atoms with Crippen molar-refractivity contribution in [3.05, 3.63) is 29.3 Å². The van der Waals surface area contributed by atoms with E-state index in [0.29, 0.717) is 12.3 Å². The number of hydrogen-bond donors (Lipinski definition) is 1. The Balaban J connectivity index is 1.54. The summed E-state index contributed by atoms with van der Waals surface area (Å²) in [4.78, 5) is 26.6. The summed E-state index contributed by atoms with van der Waals surface area (Å²) in [7, 11) is 0. The Bertz CT molecular complexity index is 588. The van der Waals surface area contributed by atoms with Crippen molar-refractivity contribution in [2.24, 2.45) is 11.7 Å². The maximum absolute atomic E-state index is 12.3. The summed E-state index contributed by atoms with van der Waals surface area (Å²) in [5.41, 5.74) is 8.25. The number of aryl methyl sites for hydroxylation is 2. The van der Waals surface area contributed by atoms with Gasteiger partial charge in [0.25, 0.3) is 0 Å². The Morgan fingerprint density at radius 1 is 1.23 bits per heavy atom.